The second-order valence-electron chi connectivity index (χ2n) is 4.23. The van der Waals surface area contributed by atoms with Gasteiger partial charge < -0.3 is 16.8 Å². The van der Waals surface area contributed by atoms with Gasteiger partial charge in [-0.05, 0) is 38.4 Å². The number of carbonyl (C=O) groups excluding carboxylic acids is 2. The topological polar surface area (TPSA) is 98.2 Å². The van der Waals surface area contributed by atoms with E-state index in [0.717, 1.165) is 5.56 Å². The van der Waals surface area contributed by atoms with Crippen LogP contribution in [0.2, 0.25) is 0 Å². The number of nitrogens with two attached hydrogens (primary N) is 2. The Labute approximate surface area is 107 Å². The Morgan fingerprint density at radius 2 is 2.11 bits per heavy atom. The van der Waals surface area contributed by atoms with Gasteiger partial charge in [0.1, 0.15) is 6.04 Å². The molecule has 0 fully saturated rings. The van der Waals surface area contributed by atoms with Crippen molar-refractivity contribution in [3.8, 4) is 0 Å². The monoisotopic (exact) mass is 249 g/mol. The quantitative estimate of drug-likeness (QED) is 0.677. The van der Waals surface area contributed by atoms with E-state index < -0.39 is 11.9 Å². The van der Waals surface area contributed by atoms with Gasteiger partial charge in [0.25, 0.3) is 5.91 Å². The van der Waals surface area contributed by atoms with Gasteiger partial charge in [0.15, 0.2) is 0 Å². The summed E-state index contributed by atoms with van der Waals surface area (Å²) < 4.78 is 0. The lowest BCUT2D eigenvalue weighted by atomic mass is 10.1. The van der Waals surface area contributed by atoms with Crippen LogP contribution in [0.1, 0.15) is 28.8 Å². The van der Waals surface area contributed by atoms with Crippen LogP contribution in [0.4, 0.5) is 0 Å². The van der Waals surface area contributed by atoms with Crippen LogP contribution in [0.5, 0.6) is 0 Å². The van der Waals surface area contributed by atoms with Gasteiger partial charge in [0.05, 0.1) is 0 Å². The van der Waals surface area contributed by atoms with E-state index in [2.05, 4.69) is 5.32 Å². The summed E-state index contributed by atoms with van der Waals surface area (Å²) in [5.41, 5.74) is 12.1. The Morgan fingerprint density at radius 1 is 1.39 bits per heavy atom. The molecule has 0 radical (unpaired) electrons. The van der Waals surface area contributed by atoms with Crippen LogP contribution >= 0.6 is 0 Å². The van der Waals surface area contributed by atoms with E-state index in [1.807, 2.05) is 13.0 Å². The first-order valence-electron chi connectivity index (χ1n) is 5.91. The molecule has 5 N–H and O–H groups in total. The van der Waals surface area contributed by atoms with E-state index in [9.17, 15) is 9.59 Å². The number of rotatable bonds is 6. The van der Waals surface area contributed by atoms with Gasteiger partial charge in [-0.3, -0.25) is 9.59 Å². The number of aryl methyl sites for hydroxylation is 1. The van der Waals surface area contributed by atoms with Crippen molar-refractivity contribution < 1.29 is 9.59 Å². The van der Waals surface area contributed by atoms with Gasteiger partial charge in [0.2, 0.25) is 5.91 Å². The van der Waals surface area contributed by atoms with Crippen molar-refractivity contribution in [3.63, 3.8) is 0 Å². The Hall–Kier alpha value is -1.88. The number of carbonyl (C=O) groups is 2. The van der Waals surface area contributed by atoms with E-state index in [1.165, 1.54) is 0 Å². The fraction of sp³-hybridized carbons (Fsp3) is 0.385. The molecule has 0 aliphatic heterocycles. The smallest absolute Gasteiger partial charge is 0.251 e. The van der Waals surface area contributed by atoms with Gasteiger partial charge in [0, 0.05) is 5.56 Å². The van der Waals surface area contributed by atoms with Crippen LogP contribution in [0.25, 0.3) is 0 Å². The molecule has 1 atom stereocenters. The maximum Gasteiger partial charge on any atom is 0.251 e. The van der Waals surface area contributed by atoms with Crippen LogP contribution in [0, 0.1) is 6.92 Å². The molecular formula is C13H19N3O2. The molecule has 2 amide bonds. The van der Waals surface area contributed by atoms with Crippen molar-refractivity contribution in [1.82, 2.24) is 5.32 Å². The molecule has 5 nitrogen and oxygen atoms in total. The Morgan fingerprint density at radius 3 is 2.67 bits per heavy atom. The average Bonchev–Trinajstić information content (AvgIpc) is 2.33. The highest BCUT2D eigenvalue weighted by Crippen LogP contribution is 2.05. The van der Waals surface area contributed by atoms with Crippen molar-refractivity contribution in [2.45, 2.75) is 25.8 Å². The number of hydrogen-bond acceptors (Lipinski definition) is 3. The third-order valence-corrected chi connectivity index (χ3v) is 2.63. The van der Waals surface area contributed by atoms with Gasteiger partial charge >= 0.3 is 0 Å². The highest BCUT2D eigenvalue weighted by molar-refractivity contribution is 5.97. The third-order valence-electron chi connectivity index (χ3n) is 2.63. The highest BCUT2D eigenvalue weighted by Gasteiger charge is 2.18. The van der Waals surface area contributed by atoms with Crippen molar-refractivity contribution in [3.05, 3.63) is 35.4 Å². The molecule has 0 heterocycles. The SMILES string of the molecule is Cc1cccc(C(=O)NC(CCCN)C(N)=O)c1. The molecular weight excluding hydrogens is 230 g/mol. The zero-order chi connectivity index (χ0) is 13.5. The van der Waals surface area contributed by atoms with Crippen molar-refractivity contribution in [2.75, 3.05) is 6.54 Å². The second-order valence-corrected chi connectivity index (χ2v) is 4.23. The van der Waals surface area contributed by atoms with E-state index in [0.29, 0.717) is 24.9 Å². The average molecular weight is 249 g/mol. The number of nitrogens with one attached hydrogen (secondary N) is 1. The van der Waals surface area contributed by atoms with Gasteiger partial charge in [-0.15, -0.1) is 0 Å². The molecule has 0 spiro atoms. The standard InChI is InChI=1S/C13H19N3O2/c1-9-4-2-5-10(8-9)13(18)16-11(12(15)17)6-3-7-14/h2,4-5,8,11H,3,6-7,14H2,1H3,(H2,15,17)(H,16,18). The van der Waals surface area contributed by atoms with Crippen LogP contribution in [0.3, 0.4) is 0 Å². The van der Waals surface area contributed by atoms with Crippen LogP contribution in [-0.4, -0.2) is 24.4 Å². The molecule has 0 saturated carbocycles. The molecule has 1 rings (SSSR count). The lowest BCUT2D eigenvalue weighted by molar-refractivity contribution is -0.120. The van der Waals surface area contributed by atoms with E-state index in [-0.39, 0.29) is 5.91 Å². The van der Waals surface area contributed by atoms with Gasteiger partial charge in [-0.25, -0.2) is 0 Å². The summed E-state index contributed by atoms with van der Waals surface area (Å²) in [4.78, 5) is 23.1. The third kappa shape index (κ3) is 4.18. The maximum absolute atomic E-state index is 11.9. The molecule has 1 aromatic rings. The first-order chi connectivity index (χ1) is 8.54. The first-order valence-corrected chi connectivity index (χ1v) is 5.91. The molecule has 98 valence electrons. The van der Waals surface area contributed by atoms with Crippen LogP contribution in [0.15, 0.2) is 24.3 Å². The highest BCUT2D eigenvalue weighted by atomic mass is 16.2. The molecule has 0 bridgehead atoms. The summed E-state index contributed by atoms with van der Waals surface area (Å²) >= 11 is 0. The molecule has 0 aliphatic rings. The Bertz CT molecular complexity index is 432. The van der Waals surface area contributed by atoms with Crippen LogP contribution < -0.4 is 16.8 Å². The van der Waals surface area contributed by atoms with Gasteiger partial charge in [-0.1, -0.05) is 17.7 Å². The predicted molar refractivity (Wildman–Crippen MR) is 69.9 cm³/mol. The minimum absolute atomic E-state index is 0.292. The molecule has 5 heteroatoms. The molecule has 1 unspecified atom stereocenters. The van der Waals surface area contributed by atoms with Crippen molar-refractivity contribution in [2.24, 2.45) is 11.5 Å². The normalized spacial score (nSPS) is 11.9. The lowest BCUT2D eigenvalue weighted by Crippen LogP contribution is -2.44. The van der Waals surface area contributed by atoms with Crippen molar-refractivity contribution in [1.29, 1.82) is 0 Å². The van der Waals surface area contributed by atoms with Crippen LogP contribution in [-0.2, 0) is 4.79 Å². The molecule has 0 aromatic heterocycles. The molecule has 0 aliphatic carbocycles. The minimum Gasteiger partial charge on any atom is -0.368 e. The second kappa shape index (κ2) is 6.76. The summed E-state index contributed by atoms with van der Waals surface area (Å²) in [5, 5.41) is 2.63. The lowest BCUT2D eigenvalue weighted by Gasteiger charge is -2.15. The summed E-state index contributed by atoms with van der Waals surface area (Å²) in [6.45, 7) is 2.36. The van der Waals surface area contributed by atoms with E-state index in [4.69, 9.17) is 11.5 Å². The predicted octanol–water partition coefficient (Wildman–Crippen LogP) is 0.318. The summed E-state index contributed by atoms with van der Waals surface area (Å²) in [7, 11) is 0. The first kappa shape index (κ1) is 14.2. The largest absolute Gasteiger partial charge is 0.368 e. The summed E-state index contributed by atoms with van der Waals surface area (Å²) in [5.74, 6) is -0.830. The maximum atomic E-state index is 11.9. The Balaban J connectivity index is 2.69. The molecule has 1 aromatic carbocycles. The fourth-order valence-electron chi connectivity index (χ4n) is 1.64. The number of amides is 2. The molecule has 18 heavy (non-hydrogen) atoms. The summed E-state index contributed by atoms with van der Waals surface area (Å²) in [6.07, 6.45) is 1.10. The van der Waals surface area contributed by atoms with E-state index in [1.54, 1.807) is 18.2 Å². The number of hydrogen-bond donors (Lipinski definition) is 3. The number of primary amides is 1. The number of benzene rings is 1. The van der Waals surface area contributed by atoms with Crippen molar-refractivity contribution >= 4 is 11.8 Å². The minimum atomic E-state index is -0.665. The van der Waals surface area contributed by atoms with Gasteiger partial charge in [-0.2, -0.15) is 0 Å². The summed E-state index contributed by atoms with van der Waals surface area (Å²) in [6, 6.07) is 6.49. The van der Waals surface area contributed by atoms with E-state index >= 15 is 0 Å². The molecule has 0 saturated heterocycles. The zero-order valence-corrected chi connectivity index (χ0v) is 10.5. The zero-order valence-electron chi connectivity index (χ0n) is 10.5. The Kier molecular flexibility index (Phi) is 5.32. The fourth-order valence-corrected chi connectivity index (χ4v) is 1.64.